The summed E-state index contributed by atoms with van der Waals surface area (Å²) in [7, 11) is 0. The van der Waals surface area contributed by atoms with Gasteiger partial charge in [0, 0.05) is 23.8 Å². The first-order valence-electron chi connectivity index (χ1n) is 4.39. The Kier molecular flexibility index (Phi) is 2.40. The van der Waals surface area contributed by atoms with Crippen LogP contribution in [0.25, 0.3) is 0 Å². The Labute approximate surface area is 86.1 Å². The van der Waals surface area contributed by atoms with E-state index in [4.69, 9.17) is 0 Å². The SMILES string of the molecule is CC1CNc2cc(Br)cnc2NC1. The van der Waals surface area contributed by atoms with Gasteiger partial charge in [-0.3, -0.25) is 0 Å². The molecule has 70 valence electrons. The first kappa shape index (κ1) is 8.81. The van der Waals surface area contributed by atoms with Crippen LogP contribution in [0.5, 0.6) is 0 Å². The van der Waals surface area contributed by atoms with E-state index < -0.39 is 0 Å². The number of halogens is 1. The van der Waals surface area contributed by atoms with Crippen LogP contribution in [0, 0.1) is 5.92 Å². The zero-order valence-corrected chi connectivity index (χ0v) is 9.06. The molecule has 0 spiro atoms. The second kappa shape index (κ2) is 3.54. The molecule has 3 nitrogen and oxygen atoms in total. The van der Waals surface area contributed by atoms with E-state index in [1.807, 2.05) is 12.3 Å². The number of nitrogens with one attached hydrogen (secondary N) is 2. The fourth-order valence-corrected chi connectivity index (χ4v) is 1.67. The lowest BCUT2D eigenvalue weighted by Crippen LogP contribution is -2.14. The zero-order chi connectivity index (χ0) is 9.26. The smallest absolute Gasteiger partial charge is 0.149 e. The molecule has 4 heteroatoms. The number of hydrogen-bond donors (Lipinski definition) is 2. The maximum absolute atomic E-state index is 4.29. The molecule has 0 aromatic carbocycles. The van der Waals surface area contributed by atoms with Crippen molar-refractivity contribution in [3.8, 4) is 0 Å². The predicted octanol–water partition coefficient (Wildman–Crippen LogP) is 2.32. The minimum Gasteiger partial charge on any atom is -0.382 e. The monoisotopic (exact) mass is 241 g/mol. The van der Waals surface area contributed by atoms with Gasteiger partial charge in [0.25, 0.3) is 0 Å². The average Bonchev–Trinajstić information content (AvgIpc) is 2.29. The molecule has 2 heterocycles. The van der Waals surface area contributed by atoms with Crippen LogP contribution in [-0.4, -0.2) is 18.1 Å². The third kappa shape index (κ3) is 1.94. The van der Waals surface area contributed by atoms with Gasteiger partial charge in [0.05, 0.1) is 5.69 Å². The number of nitrogens with zero attached hydrogens (tertiary/aromatic N) is 1. The van der Waals surface area contributed by atoms with Crippen LogP contribution >= 0.6 is 15.9 Å². The van der Waals surface area contributed by atoms with Gasteiger partial charge in [-0.2, -0.15) is 0 Å². The Bertz CT molecular complexity index is 314. The van der Waals surface area contributed by atoms with E-state index in [0.717, 1.165) is 29.1 Å². The molecule has 0 saturated heterocycles. The van der Waals surface area contributed by atoms with Crippen LogP contribution in [-0.2, 0) is 0 Å². The molecule has 0 aliphatic carbocycles. The number of anilines is 2. The molecule has 1 aliphatic heterocycles. The first-order valence-corrected chi connectivity index (χ1v) is 5.18. The maximum atomic E-state index is 4.29. The van der Waals surface area contributed by atoms with Crippen molar-refractivity contribution in [3.05, 3.63) is 16.7 Å². The lowest BCUT2D eigenvalue weighted by atomic mass is 10.2. The van der Waals surface area contributed by atoms with Gasteiger partial charge in [0.1, 0.15) is 5.82 Å². The number of hydrogen-bond acceptors (Lipinski definition) is 3. The highest BCUT2D eigenvalue weighted by Crippen LogP contribution is 2.25. The summed E-state index contributed by atoms with van der Waals surface area (Å²) in [6, 6.07) is 2.05. The van der Waals surface area contributed by atoms with Crippen molar-refractivity contribution in [2.24, 2.45) is 5.92 Å². The molecule has 13 heavy (non-hydrogen) atoms. The third-order valence-corrected chi connectivity index (χ3v) is 2.55. The third-order valence-electron chi connectivity index (χ3n) is 2.11. The number of pyridine rings is 1. The minimum absolute atomic E-state index is 0.632. The van der Waals surface area contributed by atoms with Crippen LogP contribution in [0.2, 0.25) is 0 Å². The van der Waals surface area contributed by atoms with Gasteiger partial charge in [0.15, 0.2) is 0 Å². The van der Waals surface area contributed by atoms with Crippen molar-refractivity contribution in [1.29, 1.82) is 0 Å². The zero-order valence-electron chi connectivity index (χ0n) is 7.47. The number of rotatable bonds is 0. The van der Waals surface area contributed by atoms with Gasteiger partial charge in [-0.25, -0.2) is 4.98 Å². The van der Waals surface area contributed by atoms with Crippen molar-refractivity contribution in [1.82, 2.24) is 4.98 Å². The molecule has 2 N–H and O–H groups in total. The topological polar surface area (TPSA) is 37.0 Å². The highest BCUT2D eigenvalue weighted by Gasteiger charge is 2.11. The normalized spacial score (nSPS) is 20.9. The summed E-state index contributed by atoms with van der Waals surface area (Å²) in [6.07, 6.45) is 1.81. The number of aromatic nitrogens is 1. The summed E-state index contributed by atoms with van der Waals surface area (Å²) < 4.78 is 1.01. The molecule has 1 aromatic rings. The summed E-state index contributed by atoms with van der Waals surface area (Å²) in [4.78, 5) is 4.29. The second-order valence-corrected chi connectivity index (χ2v) is 4.33. The van der Waals surface area contributed by atoms with Crippen LogP contribution in [0.15, 0.2) is 16.7 Å². The Balaban J connectivity index is 2.30. The molecule has 0 saturated carbocycles. The van der Waals surface area contributed by atoms with Crippen molar-refractivity contribution in [2.75, 3.05) is 23.7 Å². The van der Waals surface area contributed by atoms with Crippen LogP contribution < -0.4 is 10.6 Å². The summed E-state index contributed by atoms with van der Waals surface area (Å²) in [6.45, 7) is 4.19. The first-order chi connectivity index (χ1) is 6.25. The molecule has 1 atom stereocenters. The van der Waals surface area contributed by atoms with Crippen molar-refractivity contribution in [3.63, 3.8) is 0 Å². The van der Waals surface area contributed by atoms with Crippen molar-refractivity contribution < 1.29 is 0 Å². The van der Waals surface area contributed by atoms with E-state index in [1.54, 1.807) is 0 Å². The minimum atomic E-state index is 0.632. The fourth-order valence-electron chi connectivity index (χ4n) is 1.34. The van der Waals surface area contributed by atoms with E-state index in [9.17, 15) is 0 Å². The summed E-state index contributed by atoms with van der Waals surface area (Å²) in [5.41, 5.74) is 1.08. The fraction of sp³-hybridized carbons (Fsp3) is 0.444. The largest absolute Gasteiger partial charge is 0.382 e. The van der Waals surface area contributed by atoms with Crippen molar-refractivity contribution >= 4 is 27.4 Å². The molecule has 0 amide bonds. The van der Waals surface area contributed by atoms with Crippen LogP contribution in [0.3, 0.4) is 0 Å². The van der Waals surface area contributed by atoms with E-state index in [1.165, 1.54) is 0 Å². The Morgan fingerprint density at radius 3 is 3.08 bits per heavy atom. The Morgan fingerprint density at radius 2 is 2.23 bits per heavy atom. The van der Waals surface area contributed by atoms with E-state index >= 15 is 0 Å². The Morgan fingerprint density at radius 1 is 1.46 bits per heavy atom. The molecule has 1 aromatic heterocycles. The van der Waals surface area contributed by atoms with Gasteiger partial charge >= 0.3 is 0 Å². The highest BCUT2D eigenvalue weighted by atomic mass is 79.9. The van der Waals surface area contributed by atoms with Gasteiger partial charge in [-0.1, -0.05) is 6.92 Å². The lowest BCUT2D eigenvalue weighted by Gasteiger charge is -2.06. The lowest BCUT2D eigenvalue weighted by molar-refractivity contribution is 0.656. The standard InChI is InChI=1S/C9H12BrN3/c1-6-3-11-8-2-7(10)5-13-9(8)12-4-6/h2,5-6,11H,3-4H2,1H3,(H,12,13). The van der Waals surface area contributed by atoms with E-state index in [2.05, 4.69) is 38.5 Å². The van der Waals surface area contributed by atoms with Gasteiger partial charge in [0.2, 0.25) is 0 Å². The number of fused-ring (bicyclic) bond motifs is 1. The van der Waals surface area contributed by atoms with Crippen LogP contribution in [0.1, 0.15) is 6.92 Å². The predicted molar refractivity (Wildman–Crippen MR) is 58.1 cm³/mol. The molecule has 1 aliphatic rings. The van der Waals surface area contributed by atoms with E-state index in [-0.39, 0.29) is 0 Å². The highest BCUT2D eigenvalue weighted by molar-refractivity contribution is 9.10. The average molecular weight is 242 g/mol. The van der Waals surface area contributed by atoms with Crippen LogP contribution in [0.4, 0.5) is 11.5 Å². The molecule has 0 fully saturated rings. The molecular weight excluding hydrogens is 230 g/mol. The van der Waals surface area contributed by atoms with E-state index in [0.29, 0.717) is 5.92 Å². The van der Waals surface area contributed by atoms with Crippen molar-refractivity contribution in [2.45, 2.75) is 6.92 Å². The molecule has 2 rings (SSSR count). The molecule has 0 bridgehead atoms. The maximum Gasteiger partial charge on any atom is 0.149 e. The quantitative estimate of drug-likeness (QED) is 0.733. The van der Waals surface area contributed by atoms with Gasteiger partial charge in [-0.15, -0.1) is 0 Å². The van der Waals surface area contributed by atoms with Gasteiger partial charge in [-0.05, 0) is 27.9 Å². The molecule has 1 unspecified atom stereocenters. The second-order valence-electron chi connectivity index (χ2n) is 3.42. The summed E-state index contributed by atoms with van der Waals surface area (Å²) in [5, 5.41) is 6.67. The van der Waals surface area contributed by atoms with Gasteiger partial charge < -0.3 is 10.6 Å². The summed E-state index contributed by atoms with van der Waals surface area (Å²) in [5.74, 6) is 1.58. The Hall–Kier alpha value is -0.770. The molecule has 0 radical (unpaired) electrons. The molecular formula is C9H12BrN3. The summed E-state index contributed by atoms with van der Waals surface area (Å²) >= 11 is 3.40.